The Balaban J connectivity index is 0.000000267. The number of carbonyl (C=O) groups is 1. The lowest BCUT2D eigenvalue weighted by molar-refractivity contribution is -0.115. The third-order valence-corrected chi connectivity index (χ3v) is 5.68. The molecular formula is C16H23N3O3S. The van der Waals surface area contributed by atoms with Gasteiger partial charge in [-0.3, -0.25) is 4.79 Å². The van der Waals surface area contributed by atoms with Crippen molar-refractivity contribution in [1.29, 1.82) is 0 Å². The SMILES string of the molecule is CNC1CC1.O=C1Cc2cc(S(=O)(=O)NCC3CC3)ccc2N1. The maximum atomic E-state index is 12.0. The fourth-order valence-electron chi connectivity index (χ4n) is 2.38. The summed E-state index contributed by atoms with van der Waals surface area (Å²) in [6, 6.07) is 5.63. The van der Waals surface area contributed by atoms with Gasteiger partial charge in [-0.25, -0.2) is 13.1 Å². The minimum absolute atomic E-state index is 0.0921. The molecular weight excluding hydrogens is 314 g/mol. The van der Waals surface area contributed by atoms with E-state index in [0.29, 0.717) is 18.2 Å². The molecule has 0 aromatic heterocycles. The quantitative estimate of drug-likeness (QED) is 0.754. The molecule has 7 heteroatoms. The molecule has 1 aromatic rings. The Morgan fingerprint density at radius 1 is 1.22 bits per heavy atom. The number of nitrogens with one attached hydrogen (secondary N) is 3. The van der Waals surface area contributed by atoms with Crippen LogP contribution in [0.2, 0.25) is 0 Å². The summed E-state index contributed by atoms with van der Waals surface area (Å²) in [6.45, 7) is 0.511. The first kappa shape index (κ1) is 16.4. The number of sulfonamides is 1. The molecule has 0 radical (unpaired) electrons. The fourth-order valence-corrected chi connectivity index (χ4v) is 3.54. The van der Waals surface area contributed by atoms with E-state index in [2.05, 4.69) is 15.4 Å². The summed E-state index contributed by atoms with van der Waals surface area (Å²) in [5.41, 5.74) is 1.45. The molecule has 2 aliphatic carbocycles. The predicted molar refractivity (Wildman–Crippen MR) is 88.8 cm³/mol. The van der Waals surface area contributed by atoms with Crippen LogP contribution >= 0.6 is 0 Å². The van der Waals surface area contributed by atoms with E-state index in [1.165, 1.54) is 18.9 Å². The van der Waals surface area contributed by atoms with Gasteiger partial charge in [0.05, 0.1) is 11.3 Å². The average Bonchev–Trinajstić information content (AvgIpc) is 3.42. The number of fused-ring (bicyclic) bond motifs is 1. The summed E-state index contributed by atoms with van der Waals surface area (Å²) in [5.74, 6) is 0.405. The van der Waals surface area contributed by atoms with E-state index in [9.17, 15) is 13.2 Å². The minimum atomic E-state index is -3.44. The van der Waals surface area contributed by atoms with Gasteiger partial charge in [0, 0.05) is 18.3 Å². The number of rotatable bonds is 5. The second-order valence-corrected chi connectivity index (χ2v) is 8.17. The number of anilines is 1. The van der Waals surface area contributed by atoms with Crippen LogP contribution in [0.15, 0.2) is 23.1 Å². The van der Waals surface area contributed by atoms with Crippen molar-refractivity contribution in [3.63, 3.8) is 0 Å². The van der Waals surface area contributed by atoms with Crippen molar-refractivity contribution >= 4 is 21.6 Å². The second-order valence-electron chi connectivity index (χ2n) is 6.40. The summed E-state index contributed by atoms with van der Waals surface area (Å²) >= 11 is 0. The first-order chi connectivity index (χ1) is 11.0. The van der Waals surface area contributed by atoms with E-state index in [1.807, 2.05) is 7.05 Å². The van der Waals surface area contributed by atoms with Gasteiger partial charge >= 0.3 is 0 Å². The molecule has 1 aromatic carbocycles. The molecule has 3 aliphatic rings. The molecule has 1 amide bonds. The highest BCUT2D eigenvalue weighted by atomic mass is 32.2. The molecule has 1 heterocycles. The highest BCUT2D eigenvalue weighted by Crippen LogP contribution is 2.29. The van der Waals surface area contributed by atoms with Crippen LogP contribution in [0.1, 0.15) is 31.2 Å². The van der Waals surface area contributed by atoms with Crippen molar-refractivity contribution < 1.29 is 13.2 Å². The maximum Gasteiger partial charge on any atom is 0.240 e. The molecule has 126 valence electrons. The zero-order valence-corrected chi connectivity index (χ0v) is 14.1. The van der Waals surface area contributed by atoms with Gasteiger partial charge in [0.15, 0.2) is 0 Å². The van der Waals surface area contributed by atoms with Gasteiger partial charge in [-0.1, -0.05) is 0 Å². The van der Waals surface area contributed by atoms with Crippen LogP contribution < -0.4 is 15.4 Å². The van der Waals surface area contributed by atoms with Crippen molar-refractivity contribution in [1.82, 2.24) is 10.0 Å². The molecule has 2 fully saturated rings. The Labute approximate surface area is 137 Å². The molecule has 0 unspecified atom stereocenters. The van der Waals surface area contributed by atoms with E-state index < -0.39 is 10.0 Å². The van der Waals surface area contributed by atoms with Gasteiger partial charge in [0.25, 0.3) is 0 Å². The topological polar surface area (TPSA) is 87.3 Å². The van der Waals surface area contributed by atoms with Crippen LogP contribution in [-0.4, -0.2) is 34.0 Å². The molecule has 6 nitrogen and oxygen atoms in total. The standard InChI is InChI=1S/C12H14N2O3S.C4H9N/c15-12-6-9-5-10(3-4-11(9)14-12)18(16,17)13-7-8-1-2-8;1-5-4-2-3-4/h3-5,8,13H,1-2,6-7H2,(H,14,15);4-5H,2-3H2,1H3. The third-order valence-electron chi connectivity index (χ3n) is 4.26. The smallest absolute Gasteiger partial charge is 0.240 e. The molecule has 0 atom stereocenters. The first-order valence-corrected chi connectivity index (χ1v) is 9.56. The third kappa shape index (κ3) is 4.53. The lowest BCUT2D eigenvalue weighted by Crippen LogP contribution is -2.25. The van der Waals surface area contributed by atoms with Gasteiger partial charge in [-0.2, -0.15) is 0 Å². The Kier molecular flexibility index (Phi) is 4.70. The summed E-state index contributed by atoms with van der Waals surface area (Å²) in [4.78, 5) is 11.4. The maximum absolute atomic E-state index is 12.0. The summed E-state index contributed by atoms with van der Waals surface area (Å²) in [6.07, 6.45) is 5.25. The van der Waals surface area contributed by atoms with Crippen molar-refractivity contribution in [2.75, 3.05) is 18.9 Å². The molecule has 0 saturated heterocycles. The van der Waals surface area contributed by atoms with Crippen molar-refractivity contribution in [2.24, 2.45) is 5.92 Å². The molecule has 0 bridgehead atoms. The Bertz CT molecular complexity index is 695. The van der Waals surface area contributed by atoms with E-state index in [0.717, 1.165) is 24.4 Å². The number of hydrogen-bond donors (Lipinski definition) is 3. The van der Waals surface area contributed by atoms with Gasteiger partial charge in [-0.05, 0) is 62.4 Å². The summed E-state index contributed by atoms with van der Waals surface area (Å²) < 4.78 is 26.7. The summed E-state index contributed by atoms with van der Waals surface area (Å²) in [7, 11) is -1.43. The monoisotopic (exact) mass is 337 g/mol. The number of carbonyl (C=O) groups excluding carboxylic acids is 1. The second kappa shape index (κ2) is 6.59. The van der Waals surface area contributed by atoms with E-state index >= 15 is 0 Å². The van der Waals surface area contributed by atoms with E-state index in [4.69, 9.17) is 0 Å². The lowest BCUT2D eigenvalue weighted by Gasteiger charge is -2.07. The number of amides is 1. The van der Waals surface area contributed by atoms with Gasteiger partial charge in [-0.15, -0.1) is 0 Å². The Hall–Kier alpha value is -1.44. The molecule has 2 saturated carbocycles. The lowest BCUT2D eigenvalue weighted by atomic mass is 10.2. The fraction of sp³-hybridized carbons (Fsp3) is 0.562. The van der Waals surface area contributed by atoms with Crippen molar-refractivity contribution in [3.05, 3.63) is 23.8 Å². The van der Waals surface area contributed by atoms with Crippen LogP contribution in [0.5, 0.6) is 0 Å². The number of benzene rings is 1. The minimum Gasteiger partial charge on any atom is -0.326 e. The number of hydrogen-bond acceptors (Lipinski definition) is 4. The van der Waals surface area contributed by atoms with Crippen LogP contribution in [-0.2, 0) is 21.2 Å². The predicted octanol–water partition coefficient (Wildman–Crippen LogP) is 1.24. The van der Waals surface area contributed by atoms with Crippen LogP contribution in [0.25, 0.3) is 0 Å². The van der Waals surface area contributed by atoms with E-state index in [-0.39, 0.29) is 17.2 Å². The first-order valence-electron chi connectivity index (χ1n) is 8.07. The van der Waals surface area contributed by atoms with E-state index in [1.54, 1.807) is 12.1 Å². The van der Waals surface area contributed by atoms with Crippen molar-refractivity contribution in [2.45, 2.75) is 43.0 Å². The molecule has 4 rings (SSSR count). The van der Waals surface area contributed by atoms with Gasteiger partial charge in [0.1, 0.15) is 0 Å². The van der Waals surface area contributed by atoms with Gasteiger partial charge in [0.2, 0.25) is 15.9 Å². The average molecular weight is 337 g/mol. The largest absolute Gasteiger partial charge is 0.326 e. The normalized spacial score (nSPS) is 19.6. The highest BCUT2D eigenvalue weighted by molar-refractivity contribution is 7.89. The van der Waals surface area contributed by atoms with Crippen LogP contribution in [0.3, 0.4) is 0 Å². The zero-order valence-electron chi connectivity index (χ0n) is 13.3. The Morgan fingerprint density at radius 3 is 2.52 bits per heavy atom. The van der Waals surface area contributed by atoms with Crippen molar-refractivity contribution in [3.8, 4) is 0 Å². The summed E-state index contributed by atoms with van der Waals surface area (Å²) in [5, 5.41) is 5.82. The molecule has 3 N–H and O–H groups in total. The van der Waals surface area contributed by atoms with Crippen LogP contribution in [0, 0.1) is 5.92 Å². The molecule has 0 spiro atoms. The van der Waals surface area contributed by atoms with Crippen LogP contribution in [0.4, 0.5) is 5.69 Å². The van der Waals surface area contributed by atoms with Gasteiger partial charge < -0.3 is 10.6 Å². The molecule has 1 aliphatic heterocycles. The Morgan fingerprint density at radius 2 is 1.96 bits per heavy atom. The zero-order chi connectivity index (χ0) is 16.4. The molecule has 23 heavy (non-hydrogen) atoms. The highest BCUT2D eigenvalue weighted by Gasteiger charge is 2.25.